The lowest BCUT2D eigenvalue weighted by Crippen LogP contribution is -2.45. The zero-order valence-corrected chi connectivity index (χ0v) is 17.5. The van der Waals surface area contributed by atoms with E-state index >= 15 is 0 Å². The number of hydrogen-bond donors (Lipinski definition) is 2. The van der Waals surface area contributed by atoms with Crippen LogP contribution >= 0.6 is 0 Å². The van der Waals surface area contributed by atoms with Gasteiger partial charge in [0.25, 0.3) is 5.56 Å². The van der Waals surface area contributed by atoms with Crippen LogP contribution in [0.5, 0.6) is 0 Å². The maximum absolute atomic E-state index is 13.5. The second-order valence-electron chi connectivity index (χ2n) is 8.62. The Hall–Kier alpha value is -3.04. The summed E-state index contributed by atoms with van der Waals surface area (Å²) < 4.78 is 12.6. The topological polar surface area (TPSA) is 103 Å². The van der Waals surface area contributed by atoms with Crippen LogP contribution in [0.25, 0.3) is 10.8 Å². The monoisotopic (exact) mass is 422 g/mol. The van der Waals surface area contributed by atoms with E-state index in [1.165, 1.54) is 0 Å². The first kappa shape index (κ1) is 19.9. The van der Waals surface area contributed by atoms with E-state index in [9.17, 15) is 4.79 Å². The number of pyridine rings is 2. The van der Waals surface area contributed by atoms with Gasteiger partial charge in [0, 0.05) is 49.8 Å². The highest BCUT2D eigenvalue weighted by Crippen LogP contribution is 2.29. The fourth-order valence-electron chi connectivity index (χ4n) is 4.08. The van der Waals surface area contributed by atoms with Crippen LogP contribution in [0.2, 0.25) is 0 Å². The van der Waals surface area contributed by atoms with Crippen molar-refractivity contribution >= 4 is 28.2 Å². The van der Waals surface area contributed by atoms with Crippen LogP contribution in [-0.4, -0.2) is 52.0 Å². The number of fused-ring (bicyclic) bond motifs is 1. The normalized spacial score (nSPS) is 18.5. The molecule has 3 aromatic heterocycles. The van der Waals surface area contributed by atoms with Crippen LogP contribution in [0.1, 0.15) is 19.8 Å². The molecule has 162 valence electrons. The highest BCUT2D eigenvalue weighted by molar-refractivity contribution is 5.93. The summed E-state index contributed by atoms with van der Waals surface area (Å²) in [5, 5.41) is 8.12. The van der Waals surface area contributed by atoms with E-state index in [0.29, 0.717) is 55.8 Å². The van der Waals surface area contributed by atoms with Crippen molar-refractivity contribution < 1.29 is 9.47 Å². The summed E-state index contributed by atoms with van der Waals surface area (Å²) in [7, 11) is 0. The first-order valence-corrected chi connectivity index (χ1v) is 10.6. The van der Waals surface area contributed by atoms with Crippen molar-refractivity contribution in [3.8, 4) is 0 Å². The number of anilines is 3. The Balaban J connectivity index is 1.55. The van der Waals surface area contributed by atoms with Gasteiger partial charge in [0.15, 0.2) is 0 Å². The number of aromatic nitrogens is 4. The quantitative estimate of drug-likeness (QED) is 0.625. The summed E-state index contributed by atoms with van der Waals surface area (Å²) in [4.78, 5) is 26.6. The summed E-state index contributed by atoms with van der Waals surface area (Å²) in [6.45, 7) is 5.51. The van der Waals surface area contributed by atoms with Gasteiger partial charge in [-0.25, -0.2) is 9.97 Å². The first-order chi connectivity index (χ1) is 15.1. The molecule has 2 N–H and O–H groups in total. The third-order valence-corrected chi connectivity index (χ3v) is 5.79. The van der Waals surface area contributed by atoms with Crippen LogP contribution in [0, 0.1) is 5.41 Å². The van der Waals surface area contributed by atoms with Crippen molar-refractivity contribution in [1.29, 1.82) is 0 Å². The molecule has 0 spiro atoms. The maximum atomic E-state index is 13.5. The Morgan fingerprint density at radius 2 is 2.03 bits per heavy atom. The molecule has 3 aromatic rings. The predicted octanol–water partition coefficient (Wildman–Crippen LogP) is 2.56. The lowest BCUT2D eigenvalue weighted by molar-refractivity contribution is -0.110. The number of ether oxygens (including phenoxy) is 2. The van der Waals surface area contributed by atoms with E-state index in [2.05, 4.69) is 27.5 Å². The molecule has 0 unspecified atom stereocenters. The molecule has 5 heterocycles. The molecule has 0 bridgehead atoms. The molecule has 9 heteroatoms. The standard InChI is InChI=1S/C22H26N6O3/c1-22(13-31-14-22)12-28-7-2-15-10-17(26-18-11-23-5-6-24-18)27-20(19(15)21(28)29)25-16-3-8-30-9-4-16/h2,5-7,10-11,16H,3-4,8-9,12-14H2,1H3,(H2,24,25,26,27). The Kier molecular flexibility index (Phi) is 5.29. The lowest BCUT2D eigenvalue weighted by atomic mass is 9.88. The van der Waals surface area contributed by atoms with Crippen molar-refractivity contribution in [2.75, 3.05) is 37.1 Å². The Morgan fingerprint density at radius 3 is 2.74 bits per heavy atom. The number of hydrogen-bond acceptors (Lipinski definition) is 8. The highest BCUT2D eigenvalue weighted by Gasteiger charge is 2.34. The third kappa shape index (κ3) is 4.24. The predicted molar refractivity (Wildman–Crippen MR) is 118 cm³/mol. The zero-order valence-electron chi connectivity index (χ0n) is 17.5. The molecule has 0 atom stereocenters. The Bertz CT molecular complexity index is 1120. The summed E-state index contributed by atoms with van der Waals surface area (Å²) >= 11 is 0. The smallest absolute Gasteiger partial charge is 0.262 e. The minimum atomic E-state index is -0.0428. The summed E-state index contributed by atoms with van der Waals surface area (Å²) in [5.74, 6) is 1.79. The number of nitrogens with one attached hydrogen (secondary N) is 2. The average molecular weight is 422 g/mol. The molecule has 31 heavy (non-hydrogen) atoms. The lowest BCUT2D eigenvalue weighted by Gasteiger charge is -2.38. The molecule has 0 aliphatic carbocycles. The second kappa shape index (κ2) is 8.24. The van der Waals surface area contributed by atoms with Gasteiger partial charge in [-0.05, 0) is 30.4 Å². The van der Waals surface area contributed by atoms with Gasteiger partial charge in [-0.1, -0.05) is 6.92 Å². The molecule has 0 saturated carbocycles. The first-order valence-electron chi connectivity index (χ1n) is 10.6. The summed E-state index contributed by atoms with van der Waals surface area (Å²) in [6.07, 6.45) is 8.49. The van der Waals surface area contributed by atoms with E-state index in [1.54, 1.807) is 23.2 Å². The zero-order chi connectivity index (χ0) is 21.3. The van der Waals surface area contributed by atoms with Crippen LogP contribution in [-0.2, 0) is 16.0 Å². The molecule has 0 aromatic carbocycles. The van der Waals surface area contributed by atoms with E-state index in [0.717, 1.165) is 18.2 Å². The van der Waals surface area contributed by atoms with Crippen LogP contribution in [0.4, 0.5) is 17.5 Å². The number of rotatable bonds is 6. The minimum absolute atomic E-state index is 0.00723. The molecule has 0 amide bonds. The van der Waals surface area contributed by atoms with Crippen molar-refractivity contribution in [2.24, 2.45) is 5.41 Å². The fraction of sp³-hybridized carbons (Fsp3) is 0.455. The maximum Gasteiger partial charge on any atom is 0.262 e. The summed E-state index contributed by atoms with van der Waals surface area (Å²) in [5.41, 5.74) is -0.0501. The van der Waals surface area contributed by atoms with Crippen LogP contribution in [0.3, 0.4) is 0 Å². The van der Waals surface area contributed by atoms with E-state index in [4.69, 9.17) is 14.5 Å². The molecular weight excluding hydrogens is 396 g/mol. The van der Waals surface area contributed by atoms with Gasteiger partial charge in [0.1, 0.15) is 17.5 Å². The molecule has 0 radical (unpaired) electrons. The third-order valence-electron chi connectivity index (χ3n) is 5.79. The number of nitrogens with zero attached hydrogens (tertiary/aromatic N) is 4. The van der Waals surface area contributed by atoms with E-state index in [-0.39, 0.29) is 17.0 Å². The van der Waals surface area contributed by atoms with Gasteiger partial charge in [0.2, 0.25) is 0 Å². The average Bonchev–Trinajstić information content (AvgIpc) is 2.76. The molecule has 5 rings (SSSR count). The van der Waals surface area contributed by atoms with Gasteiger partial charge < -0.3 is 24.7 Å². The highest BCUT2D eigenvalue weighted by atomic mass is 16.5. The molecule has 2 aliphatic heterocycles. The molecule has 2 fully saturated rings. The largest absolute Gasteiger partial charge is 0.381 e. The van der Waals surface area contributed by atoms with Gasteiger partial charge >= 0.3 is 0 Å². The van der Waals surface area contributed by atoms with Crippen molar-refractivity contribution in [1.82, 2.24) is 19.5 Å². The Labute approximate surface area is 179 Å². The van der Waals surface area contributed by atoms with E-state index < -0.39 is 0 Å². The minimum Gasteiger partial charge on any atom is -0.381 e. The SMILES string of the molecule is CC1(Cn2ccc3cc(Nc4cnccn4)nc(NC4CCOCC4)c3c2=O)COC1. The van der Waals surface area contributed by atoms with Gasteiger partial charge in [-0.15, -0.1) is 0 Å². The Morgan fingerprint density at radius 1 is 1.19 bits per heavy atom. The summed E-state index contributed by atoms with van der Waals surface area (Å²) in [6, 6.07) is 4.05. The fourth-order valence-corrected chi connectivity index (χ4v) is 4.08. The van der Waals surface area contributed by atoms with Crippen molar-refractivity contribution in [3.05, 3.63) is 47.3 Å². The molecule has 2 saturated heterocycles. The molecule has 9 nitrogen and oxygen atoms in total. The molecule has 2 aliphatic rings. The second-order valence-corrected chi connectivity index (χ2v) is 8.62. The van der Waals surface area contributed by atoms with Crippen LogP contribution < -0.4 is 16.2 Å². The van der Waals surface area contributed by atoms with Crippen molar-refractivity contribution in [2.45, 2.75) is 32.4 Å². The van der Waals surface area contributed by atoms with Gasteiger partial charge in [-0.3, -0.25) is 9.78 Å². The van der Waals surface area contributed by atoms with E-state index in [1.807, 2.05) is 18.3 Å². The van der Waals surface area contributed by atoms with Gasteiger partial charge in [0.05, 0.1) is 24.8 Å². The molecular formula is C22H26N6O3. The van der Waals surface area contributed by atoms with Gasteiger partial charge in [-0.2, -0.15) is 0 Å². The van der Waals surface area contributed by atoms with Crippen LogP contribution in [0.15, 0.2) is 41.7 Å². The van der Waals surface area contributed by atoms with Crippen molar-refractivity contribution in [3.63, 3.8) is 0 Å².